The predicted octanol–water partition coefficient (Wildman–Crippen LogP) is 4.78. The average Bonchev–Trinajstić information content (AvgIpc) is 2.65. The molecule has 0 amide bonds. The van der Waals surface area contributed by atoms with E-state index in [0.29, 0.717) is 0 Å². The lowest BCUT2D eigenvalue weighted by Gasteiger charge is -2.22. The molecular formula is C17H22F3NO. The molecular weight excluding hydrogens is 291 g/mol. The summed E-state index contributed by atoms with van der Waals surface area (Å²) in [5, 5.41) is 10.1. The molecule has 0 spiro atoms. The van der Waals surface area contributed by atoms with E-state index in [0.717, 1.165) is 23.2 Å². The summed E-state index contributed by atoms with van der Waals surface area (Å²) < 4.78 is 40.0. The molecule has 2 nitrogen and oxygen atoms in total. The Morgan fingerprint density at radius 2 is 1.59 bits per heavy atom. The van der Waals surface area contributed by atoms with E-state index >= 15 is 0 Å². The summed E-state index contributed by atoms with van der Waals surface area (Å²) >= 11 is 0. The number of aromatic nitrogens is 1. The molecule has 1 aromatic rings. The van der Waals surface area contributed by atoms with Gasteiger partial charge >= 0.3 is 6.18 Å². The number of alkyl halides is 3. The van der Waals surface area contributed by atoms with Gasteiger partial charge in [-0.1, -0.05) is 6.58 Å². The molecule has 0 unspecified atom stereocenters. The van der Waals surface area contributed by atoms with Crippen LogP contribution in [0.1, 0.15) is 32.2 Å². The van der Waals surface area contributed by atoms with Gasteiger partial charge < -0.3 is 9.67 Å². The number of nitrogens with zero attached hydrogens (tertiary/aromatic N) is 1. The van der Waals surface area contributed by atoms with Gasteiger partial charge in [-0.15, -0.1) is 0 Å². The summed E-state index contributed by atoms with van der Waals surface area (Å²) in [5.74, 6) is 0. The highest BCUT2D eigenvalue weighted by atomic mass is 19.4. The van der Waals surface area contributed by atoms with Crippen molar-refractivity contribution >= 4 is 5.70 Å². The van der Waals surface area contributed by atoms with Gasteiger partial charge in [0.1, 0.15) is 0 Å². The van der Waals surface area contributed by atoms with Crippen molar-refractivity contribution in [3.63, 3.8) is 0 Å². The predicted molar refractivity (Wildman–Crippen MR) is 83.4 cm³/mol. The summed E-state index contributed by atoms with van der Waals surface area (Å²) in [6, 6.07) is 3.85. The van der Waals surface area contributed by atoms with Crippen molar-refractivity contribution in [1.29, 1.82) is 0 Å². The van der Waals surface area contributed by atoms with Crippen molar-refractivity contribution in [2.45, 2.75) is 46.4 Å². The van der Waals surface area contributed by atoms with Gasteiger partial charge in [-0.05, 0) is 64.5 Å². The van der Waals surface area contributed by atoms with Crippen LogP contribution in [0.3, 0.4) is 0 Å². The van der Waals surface area contributed by atoms with Crippen molar-refractivity contribution in [3.8, 4) is 0 Å². The van der Waals surface area contributed by atoms with Crippen LogP contribution in [0.25, 0.3) is 5.70 Å². The Morgan fingerprint density at radius 3 is 1.95 bits per heavy atom. The molecule has 5 heteroatoms. The maximum Gasteiger partial charge on any atom is 0.415 e. The Kier molecular flexibility index (Phi) is 5.13. The molecule has 0 aliphatic rings. The summed E-state index contributed by atoms with van der Waals surface area (Å²) in [6.07, 6.45) is -2.08. The molecule has 122 valence electrons. The van der Waals surface area contributed by atoms with Crippen LogP contribution in [-0.4, -0.2) is 21.5 Å². The minimum absolute atomic E-state index is 0.153. The molecule has 0 radical (unpaired) electrons. The first-order valence-corrected chi connectivity index (χ1v) is 6.88. The van der Waals surface area contributed by atoms with Crippen molar-refractivity contribution in [3.05, 3.63) is 53.4 Å². The van der Waals surface area contributed by atoms with Crippen LogP contribution in [0.4, 0.5) is 13.2 Å². The van der Waals surface area contributed by atoms with Crippen LogP contribution in [0.5, 0.6) is 0 Å². The maximum atomic E-state index is 12.7. The molecule has 1 N–H and O–H groups in total. The van der Waals surface area contributed by atoms with Gasteiger partial charge in [0.05, 0.1) is 5.60 Å². The minimum atomic E-state index is -4.52. The molecule has 22 heavy (non-hydrogen) atoms. The van der Waals surface area contributed by atoms with Crippen molar-refractivity contribution in [2.24, 2.45) is 0 Å². The summed E-state index contributed by atoms with van der Waals surface area (Å²) in [5.41, 5.74) is 0.412. The molecule has 0 fully saturated rings. The van der Waals surface area contributed by atoms with Gasteiger partial charge in [0.15, 0.2) is 0 Å². The molecule has 0 aliphatic carbocycles. The van der Waals surface area contributed by atoms with E-state index in [4.69, 9.17) is 0 Å². The molecule has 1 rings (SSSR count). The van der Waals surface area contributed by atoms with E-state index in [1.165, 1.54) is 13.8 Å². The zero-order valence-electron chi connectivity index (χ0n) is 13.5. The smallest absolute Gasteiger partial charge is 0.386 e. The van der Waals surface area contributed by atoms with Gasteiger partial charge in [-0.2, -0.15) is 13.2 Å². The van der Waals surface area contributed by atoms with Crippen molar-refractivity contribution in [1.82, 2.24) is 4.57 Å². The Morgan fingerprint density at radius 1 is 1.14 bits per heavy atom. The third-order valence-corrected chi connectivity index (χ3v) is 3.39. The monoisotopic (exact) mass is 313 g/mol. The van der Waals surface area contributed by atoms with E-state index in [2.05, 4.69) is 6.58 Å². The van der Waals surface area contributed by atoms with E-state index in [9.17, 15) is 18.3 Å². The maximum absolute atomic E-state index is 12.7. The third kappa shape index (κ3) is 4.37. The molecule has 0 atom stereocenters. The van der Waals surface area contributed by atoms with Crippen molar-refractivity contribution < 1.29 is 18.3 Å². The molecule has 0 saturated heterocycles. The molecule has 0 aromatic carbocycles. The quantitative estimate of drug-likeness (QED) is 0.795. The number of hydrogen-bond acceptors (Lipinski definition) is 1. The summed E-state index contributed by atoms with van der Waals surface area (Å²) in [7, 11) is 0. The minimum Gasteiger partial charge on any atom is -0.386 e. The zero-order chi connectivity index (χ0) is 17.3. The fraction of sp³-hybridized carbons (Fsp3) is 0.412. The first-order valence-electron chi connectivity index (χ1n) is 6.88. The SMILES string of the molecule is C=C(/C=C(\C=C(/C)n1c(C)ccc1C)C(C)(C)O)C(F)(F)F. The standard InChI is InChI=1S/C17H22F3NO/c1-11(17(18,19)20)9-15(16(5,6)22)10-14(4)21-12(2)7-8-13(21)3/h7-10,22H,1H2,2-6H3/b14-10+,15-9+. The van der Waals surface area contributed by atoms with Crippen LogP contribution < -0.4 is 0 Å². The van der Waals surface area contributed by atoms with E-state index < -0.39 is 17.4 Å². The van der Waals surface area contributed by atoms with E-state index in [1.54, 1.807) is 13.0 Å². The molecule has 0 saturated carbocycles. The van der Waals surface area contributed by atoms with Crippen LogP contribution in [-0.2, 0) is 0 Å². The lowest BCUT2D eigenvalue weighted by Crippen LogP contribution is -2.22. The average molecular weight is 313 g/mol. The molecule has 0 bridgehead atoms. The van der Waals surface area contributed by atoms with Crippen LogP contribution in [0.15, 0.2) is 42.0 Å². The largest absolute Gasteiger partial charge is 0.415 e. The lowest BCUT2D eigenvalue weighted by atomic mass is 9.95. The Labute approximate surface area is 129 Å². The second kappa shape index (κ2) is 6.16. The number of allylic oxidation sites excluding steroid dienone is 3. The highest BCUT2D eigenvalue weighted by Gasteiger charge is 2.31. The third-order valence-electron chi connectivity index (χ3n) is 3.39. The Bertz CT molecular complexity index is 606. The lowest BCUT2D eigenvalue weighted by molar-refractivity contribution is -0.0879. The summed E-state index contributed by atoms with van der Waals surface area (Å²) in [4.78, 5) is 0. The first-order chi connectivity index (χ1) is 9.84. The topological polar surface area (TPSA) is 25.2 Å². The Balaban J connectivity index is 3.35. The second-order valence-corrected chi connectivity index (χ2v) is 5.92. The number of halogens is 3. The van der Waals surface area contributed by atoms with Gasteiger partial charge in [0, 0.05) is 22.7 Å². The highest BCUT2D eigenvalue weighted by molar-refractivity contribution is 5.54. The van der Waals surface area contributed by atoms with E-state index in [1.807, 2.05) is 30.5 Å². The van der Waals surface area contributed by atoms with Crippen molar-refractivity contribution in [2.75, 3.05) is 0 Å². The van der Waals surface area contributed by atoms with Gasteiger partial charge in [0.25, 0.3) is 0 Å². The van der Waals surface area contributed by atoms with Crippen LogP contribution in [0, 0.1) is 13.8 Å². The highest BCUT2D eigenvalue weighted by Crippen LogP contribution is 2.30. The number of aliphatic hydroxyl groups is 1. The van der Waals surface area contributed by atoms with Gasteiger partial charge in [-0.25, -0.2) is 0 Å². The Hall–Kier alpha value is -1.75. The van der Waals surface area contributed by atoms with Crippen LogP contribution in [0.2, 0.25) is 0 Å². The van der Waals surface area contributed by atoms with Crippen LogP contribution >= 0.6 is 0 Å². The van der Waals surface area contributed by atoms with E-state index in [-0.39, 0.29) is 5.57 Å². The number of aryl methyl sites for hydroxylation is 2. The first kappa shape index (κ1) is 18.3. The zero-order valence-corrected chi connectivity index (χ0v) is 13.5. The summed E-state index contributed by atoms with van der Waals surface area (Å²) in [6.45, 7) is 11.5. The molecule has 1 aromatic heterocycles. The van der Waals surface area contributed by atoms with Gasteiger partial charge in [-0.3, -0.25) is 0 Å². The van der Waals surface area contributed by atoms with Gasteiger partial charge in [0.2, 0.25) is 0 Å². The normalized spacial score (nSPS) is 14.4. The molecule has 0 aliphatic heterocycles. The second-order valence-electron chi connectivity index (χ2n) is 5.92. The fourth-order valence-electron chi connectivity index (χ4n) is 2.18. The fourth-order valence-corrected chi connectivity index (χ4v) is 2.18. The number of hydrogen-bond donors (Lipinski definition) is 1. The number of rotatable bonds is 4. The molecule has 1 heterocycles.